The van der Waals surface area contributed by atoms with Crippen molar-refractivity contribution in [1.82, 2.24) is 9.62 Å². The molecule has 1 aliphatic heterocycles. The summed E-state index contributed by atoms with van der Waals surface area (Å²) in [4.78, 5) is 0. The average Bonchev–Trinajstić information content (AvgIpc) is 2.46. The van der Waals surface area contributed by atoms with Crippen LogP contribution >= 0.6 is 0 Å². The topological polar surface area (TPSA) is 49.4 Å². The van der Waals surface area contributed by atoms with Crippen LogP contribution in [0.4, 0.5) is 0 Å². The van der Waals surface area contributed by atoms with Gasteiger partial charge >= 0.3 is 0 Å². The van der Waals surface area contributed by atoms with Gasteiger partial charge in [0.2, 0.25) is 10.0 Å². The summed E-state index contributed by atoms with van der Waals surface area (Å²) in [5, 5.41) is 3.05. The van der Waals surface area contributed by atoms with Crippen LogP contribution in [0.25, 0.3) is 0 Å². The van der Waals surface area contributed by atoms with Crippen molar-refractivity contribution in [1.29, 1.82) is 0 Å². The maximum atomic E-state index is 11.9. The summed E-state index contributed by atoms with van der Waals surface area (Å²) < 4.78 is 25.5. The van der Waals surface area contributed by atoms with Crippen LogP contribution in [0, 0.1) is 0 Å². The molecule has 0 spiro atoms. The van der Waals surface area contributed by atoms with E-state index in [9.17, 15) is 8.42 Å². The lowest BCUT2D eigenvalue weighted by Crippen LogP contribution is -2.36. The van der Waals surface area contributed by atoms with Crippen LogP contribution in [0.5, 0.6) is 0 Å². The third kappa shape index (κ3) is 4.49. The summed E-state index contributed by atoms with van der Waals surface area (Å²) in [7, 11) is -3.01. The van der Waals surface area contributed by atoms with E-state index in [1.165, 1.54) is 12.8 Å². The van der Waals surface area contributed by atoms with Gasteiger partial charge in [0.25, 0.3) is 0 Å². The second-order valence-electron chi connectivity index (χ2n) is 3.98. The minimum atomic E-state index is -3.01. The van der Waals surface area contributed by atoms with E-state index in [-0.39, 0.29) is 5.75 Å². The van der Waals surface area contributed by atoms with E-state index in [0.717, 1.165) is 19.4 Å². The number of nitrogens with one attached hydrogen (secondary N) is 1. The molecule has 4 nitrogen and oxygen atoms in total. The number of hydrogen-bond acceptors (Lipinski definition) is 3. The summed E-state index contributed by atoms with van der Waals surface area (Å²) in [6, 6.07) is 0. The molecule has 0 amide bonds. The Hall–Kier alpha value is -0.130. The molecule has 90 valence electrons. The molecule has 0 aromatic heterocycles. The molecule has 5 heteroatoms. The minimum Gasteiger partial charge on any atom is -0.316 e. The van der Waals surface area contributed by atoms with E-state index < -0.39 is 10.0 Å². The summed E-state index contributed by atoms with van der Waals surface area (Å²) >= 11 is 0. The van der Waals surface area contributed by atoms with Crippen molar-refractivity contribution in [2.75, 3.05) is 31.9 Å². The summed E-state index contributed by atoms with van der Waals surface area (Å²) in [5.74, 6) is 0.237. The van der Waals surface area contributed by atoms with E-state index in [4.69, 9.17) is 0 Å². The Balaban J connectivity index is 2.43. The lowest BCUT2D eigenvalue weighted by atomic mass is 10.2. The molecule has 0 aliphatic carbocycles. The number of nitrogens with zero attached hydrogens (tertiary/aromatic N) is 1. The Morgan fingerprint density at radius 2 is 1.73 bits per heavy atom. The first-order valence-corrected chi connectivity index (χ1v) is 7.46. The smallest absolute Gasteiger partial charge is 0.215 e. The Morgan fingerprint density at radius 3 is 2.27 bits per heavy atom. The molecule has 0 saturated carbocycles. The molecule has 0 aromatic rings. The van der Waals surface area contributed by atoms with Crippen molar-refractivity contribution in [2.45, 2.75) is 32.6 Å². The monoisotopic (exact) mass is 234 g/mol. The van der Waals surface area contributed by atoms with Crippen molar-refractivity contribution < 1.29 is 8.42 Å². The van der Waals surface area contributed by atoms with Gasteiger partial charge in [0.05, 0.1) is 5.75 Å². The lowest BCUT2D eigenvalue weighted by Gasteiger charge is -2.19. The van der Waals surface area contributed by atoms with Gasteiger partial charge in [-0.15, -0.1) is 0 Å². The van der Waals surface area contributed by atoms with E-state index in [1.54, 1.807) is 4.31 Å². The van der Waals surface area contributed by atoms with Gasteiger partial charge in [0.15, 0.2) is 0 Å². The van der Waals surface area contributed by atoms with Crippen molar-refractivity contribution in [3.63, 3.8) is 0 Å². The zero-order chi connectivity index (χ0) is 11.1. The zero-order valence-corrected chi connectivity index (χ0v) is 10.4. The maximum Gasteiger partial charge on any atom is 0.215 e. The van der Waals surface area contributed by atoms with Crippen molar-refractivity contribution in [2.24, 2.45) is 0 Å². The first kappa shape index (κ1) is 12.9. The van der Waals surface area contributed by atoms with Gasteiger partial charge in [0, 0.05) is 19.6 Å². The fourth-order valence-corrected chi connectivity index (χ4v) is 3.30. The fraction of sp³-hybridized carbons (Fsp3) is 1.00. The van der Waals surface area contributed by atoms with Crippen LogP contribution in [-0.2, 0) is 10.0 Å². The van der Waals surface area contributed by atoms with Crippen LogP contribution in [0.15, 0.2) is 0 Å². The molecular weight excluding hydrogens is 212 g/mol. The largest absolute Gasteiger partial charge is 0.316 e. The normalized spacial score (nSPS) is 20.1. The van der Waals surface area contributed by atoms with Gasteiger partial charge in [-0.1, -0.05) is 19.8 Å². The Kier molecular flexibility index (Phi) is 5.56. The third-order valence-electron chi connectivity index (χ3n) is 2.75. The Morgan fingerprint density at radius 1 is 1.13 bits per heavy atom. The number of hydrogen-bond donors (Lipinski definition) is 1. The van der Waals surface area contributed by atoms with Crippen LogP contribution < -0.4 is 5.32 Å². The molecule has 0 aromatic carbocycles. The molecule has 1 aliphatic rings. The first-order valence-electron chi connectivity index (χ1n) is 5.85. The quantitative estimate of drug-likeness (QED) is 0.716. The number of rotatable bonds is 5. The molecule has 1 rings (SSSR count). The van der Waals surface area contributed by atoms with Gasteiger partial charge in [0.1, 0.15) is 0 Å². The highest BCUT2D eigenvalue weighted by molar-refractivity contribution is 7.89. The van der Waals surface area contributed by atoms with E-state index >= 15 is 0 Å². The summed E-state index contributed by atoms with van der Waals surface area (Å²) in [6.45, 7) is 4.81. The molecule has 1 N–H and O–H groups in total. The van der Waals surface area contributed by atoms with Crippen molar-refractivity contribution >= 4 is 10.0 Å². The third-order valence-corrected chi connectivity index (χ3v) is 4.62. The molecule has 0 bridgehead atoms. The summed E-state index contributed by atoms with van der Waals surface area (Å²) in [5.41, 5.74) is 0. The second kappa shape index (κ2) is 6.45. The molecule has 1 heterocycles. The lowest BCUT2D eigenvalue weighted by molar-refractivity contribution is 0.423. The molecule has 0 radical (unpaired) electrons. The molecule has 1 fully saturated rings. The molecular formula is C10H22N2O2S. The van der Waals surface area contributed by atoms with Crippen LogP contribution in [0.3, 0.4) is 0 Å². The molecule has 1 saturated heterocycles. The van der Waals surface area contributed by atoms with Gasteiger partial charge in [-0.25, -0.2) is 12.7 Å². The van der Waals surface area contributed by atoms with Crippen LogP contribution in [0.1, 0.15) is 32.6 Å². The minimum absolute atomic E-state index is 0.237. The highest BCUT2D eigenvalue weighted by atomic mass is 32.2. The molecule has 15 heavy (non-hydrogen) atoms. The van der Waals surface area contributed by atoms with Crippen LogP contribution in [0.2, 0.25) is 0 Å². The number of sulfonamides is 1. The Labute approximate surface area is 93.1 Å². The maximum absolute atomic E-state index is 11.9. The highest BCUT2D eigenvalue weighted by Crippen LogP contribution is 2.13. The van der Waals surface area contributed by atoms with E-state index in [2.05, 4.69) is 5.32 Å². The zero-order valence-electron chi connectivity index (χ0n) is 9.54. The first-order chi connectivity index (χ1) is 7.17. The van der Waals surface area contributed by atoms with E-state index in [1.807, 2.05) is 6.92 Å². The van der Waals surface area contributed by atoms with Gasteiger partial charge in [-0.05, 0) is 19.4 Å². The van der Waals surface area contributed by atoms with Crippen molar-refractivity contribution in [3.8, 4) is 0 Å². The Bertz CT molecular complexity index is 257. The standard InChI is InChI=1S/C10H22N2O2S/c1-2-11-7-10-15(13,14)12-8-5-3-4-6-9-12/h11H,2-10H2,1H3. The van der Waals surface area contributed by atoms with E-state index in [0.29, 0.717) is 19.6 Å². The predicted octanol–water partition coefficient (Wildman–Crippen LogP) is 0.802. The van der Waals surface area contributed by atoms with Crippen LogP contribution in [-0.4, -0.2) is 44.7 Å². The predicted molar refractivity (Wildman–Crippen MR) is 62.4 cm³/mol. The SMILES string of the molecule is CCNCCS(=O)(=O)N1CCCCCC1. The van der Waals surface area contributed by atoms with Gasteiger partial charge < -0.3 is 5.32 Å². The molecule has 0 atom stereocenters. The summed E-state index contributed by atoms with van der Waals surface area (Å²) in [6.07, 6.45) is 4.36. The highest BCUT2D eigenvalue weighted by Gasteiger charge is 2.21. The van der Waals surface area contributed by atoms with Gasteiger partial charge in [-0.3, -0.25) is 0 Å². The fourth-order valence-electron chi connectivity index (χ4n) is 1.83. The second-order valence-corrected chi connectivity index (χ2v) is 6.07. The average molecular weight is 234 g/mol. The van der Waals surface area contributed by atoms with Crippen molar-refractivity contribution in [3.05, 3.63) is 0 Å². The van der Waals surface area contributed by atoms with Gasteiger partial charge in [-0.2, -0.15) is 0 Å². The molecule has 0 unspecified atom stereocenters.